The van der Waals surface area contributed by atoms with Gasteiger partial charge in [-0.2, -0.15) is 0 Å². The number of aryl methyl sites for hydroxylation is 1. The van der Waals surface area contributed by atoms with E-state index in [1.807, 2.05) is 17.6 Å². The van der Waals surface area contributed by atoms with Crippen LogP contribution in [-0.4, -0.2) is 23.6 Å². The van der Waals surface area contributed by atoms with Crippen molar-refractivity contribution in [1.29, 1.82) is 0 Å². The molecule has 2 heterocycles. The summed E-state index contributed by atoms with van der Waals surface area (Å²) in [6.45, 7) is 3.11. The summed E-state index contributed by atoms with van der Waals surface area (Å²) in [7, 11) is 2.15. The molecule has 0 spiro atoms. The first-order chi connectivity index (χ1) is 10.3. The second-order valence-corrected chi connectivity index (χ2v) is 6.08. The predicted molar refractivity (Wildman–Crippen MR) is 90.2 cm³/mol. The molecule has 0 N–H and O–H groups in total. The van der Waals surface area contributed by atoms with Gasteiger partial charge in [0.1, 0.15) is 0 Å². The Morgan fingerprint density at radius 1 is 1.24 bits per heavy atom. The SMILES string of the molecule is CCc1cc(N(C)CCc2nccs2)c2ccccc2n1. The minimum atomic E-state index is 0.957. The molecule has 21 heavy (non-hydrogen) atoms. The number of benzene rings is 1. The Morgan fingerprint density at radius 2 is 2.10 bits per heavy atom. The Balaban J connectivity index is 1.90. The molecule has 4 heteroatoms. The van der Waals surface area contributed by atoms with Crippen molar-refractivity contribution in [3.8, 4) is 0 Å². The van der Waals surface area contributed by atoms with Gasteiger partial charge in [-0.05, 0) is 18.6 Å². The number of rotatable bonds is 5. The third-order valence-corrected chi connectivity index (χ3v) is 4.50. The molecule has 0 aliphatic rings. The molecule has 0 atom stereocenters. The molecule has 1 aromatic carbocycles. The molecule has 0 radical (unpaired) electrons. The van der Waals surface area contributed by atoms with Crippen molar-refractivity contribution >= 4 is 27.9 Å². The first-order valence-electron chi connectivity index (χ1n) is 7.26. The van der Waals surface area contributed by atoms with E-state index >= 15 is 0 Å². The van der Waals surface area contributed by atoms with Crippen LogP contribution in [-0.2, 0) is 12.8 Å². The van der Waals surface area contributed by atoms with Crippen LogP contribution in [0.2, 0.25) is 0 Å². The Bertz CT molecular complexity index is 722. The van der Waals surface area contributed by atoms with Crippen LogP contribution in [0.15, 0.2) is 41.9 Å². The minimum absolute atomic E-state index is 0.957. The molecule has 0 amide bonds. The van der Waals surface area contributed by atoms with Crippen molar-refractivity contribution < 1.29 is 0 Å². The van der Waals surface area contributed by atoms with Gasteiger partial charge < -0.3 is 4.90 Å². The van der Waals surface area contributed by atoms with Crippen molar-refractivity contribution in [2.24, 2.45) is 0 Å². The monoisotopic (exact) mass is 297 g/mol. The van der Waals surface area contributed by atoms with E-state index in [1.54, 1.807) is 11.3 Å². The fraction of sp³-hybridized carbons (Fsp3) is 0.294. The zero-order chi connectivity index (χ0) is 14.7. The van der Waals surface area contributed by atoms with Crippen LogP contribution in [0.5, 0.6) is 0 Å². The summed E-state index contributed by atoms with van der Waals surface area (Å²) in [5.41, 5.74) is 3.48. The standard InChI is InChI=1S/C17H19N3S/c1-3-13-12-16(14-6-4-5-7-15(14)19-13)20(2)10-8-17-18-9-11-21-17/h4-7,9,11-12H,3,8,10H2,1-2H3. The molecule has 0 saturated carbocycles. The summed E-state index contributed by atoms with van der Waals surface area (Å²) in [6.07, 6.45) is 3.81. The smallest absolute Gasteiger partial charge is 0.0942 e. The lowest BCUT2D eigenvalue weighted by atomic mass is 10.1. The second-order valence-electron chi connectivity index (χ2n) is 5.10. The van der Waals surface area contributed by atoms with Crippen molar-refractivity contribution in [2.75, 3.05) is 18.5 Å². The quantitative estimate of drug-likeness (QED) is 0.714. The zero-order valence-corrected chi connectivity index (χ0v) is 13.2. The summed E-state index contributed by atoms with van der Waals surface area (Å²) >= 11 is 1.72. The van der Waals surface area contributed by atoms with E-state index < -0.39 is 0 Å². The number of hydrogen-bond donors (Lipinski definition) is 0. The van der Waals surface area contributed by atoms with Gasteiger partial charge in [-0.1, -0.05) is 25.1 Å². The fourth-order valence-corrected chi connectivity index (χ4v) is 3.08. The lowest BCUT2D eigenvalue weighted by Crippen LogP contribution is -2.21. The molecule has 0 fully saturated rings. The number of para-hydroxylation sites is 1. The topological polar surface area (TPSA) is 29.0 Å². The molecular weight excluding hydrogens is 278 g/mol. The average molecular weight is 297 g/mol. The largest absolute Gasteiger partial charge is 0.374 e. The third-order valence-electron chi connectivity index (χ3n) is 3.67. The average Bonchev–Trinajstić information content (AvgIpc) is 3.05. The lowest BCUT2D eigenvalue weighted by molar-refractivity contribution is 0.869. The molecular formula is C17H19N3S. The lowest BCUT2D eigenvalue weighted by Gasteiger charge is -2.21. The molecule has 108 valence electrons. The Kier molecular flexibility index (Phi) is 4.15. The van der Waals surface area contributed by atoms with E-state index in [-0.39, 0.29) is 0 Å². The number of thiazole rings is 1. The first kappa shape index (κ1) is 14.0. The van der Waals surface area contributed by atoms with Gasteiger partial charge in [-0.15, -0.1) is 11.3 Å². The minimum Gasteiger partial charge on any atom is -0.374 e. The van der Waals surface area contributed by atoms with Crippen LogP contribution in [0.1, 0.15) is 17.6 Å². The molecule has 2 aromatic heterocycles. The van der Waals surface area contributed by atoms with Crippen LogP contribution < -0.4 is 4.90 Å². The van der Waals surface area contributed by atoms with Crippen LogP contribution >= 0.6 is 11.3 Å². The summed E-state index contributed by atoms with van der Waals surface area (Å²) in [5, 5.41) is 4.44. The number of fused-ring (bicyclic) bond motifs is 1. The van der Waals surface area contributed by atoms with Gasteiger partial charge in [0.2, 0.25) is 0 Å². The molecule has 3 rings (SSSR count). The maximum Gasteiger partial charge on any atom is 0.0942 e. The molecule has 0 bridgehead atoms. The van der Waals surface area contributed by atoms with E-state index in [2.05, 4.69) is 48.1 Å². The summed E-state index contributed by atoms with van der Waals surface area (Å²) in [5.74, 6) is 0. The second kappa shape index (κ2) is 6.22. The van der Waals surface area contributed by atoms with Gasteiger partial charge in [0, 0.05) is 48.4 Å². The predicted octanol–water partition coefficient (Wildman–Crippen LogP) is 3.93. The molecule has 0 unspecified atom stereocenters. The number of anilines is 1. The highest BCUT2D eigenvalue weighted by Crippen LogP contribution is 2.26. The summed E-state index contributed by atoms with van der Waals surface area (Å²) < 4.78 is 0. The highest BCUT2D eigenvalue weighted by molar-refractivity contribution is 7.09. The zero-order valence-electron chi connectivity index (χ0n) is 12.4. The Hall–Kier alpha value is -1.94. The van der Waals surface area contributed by atoms with Gasteiger partial charge in [0.15, 0.2) is 0 Å². The van der Waals surface area contributed by atoms with Gasteiger partial charge in [0.25, 0.3) is 0 Å². The summed E-state index contributed by atoms with van der Waals surface area (Å²) in [4.78, 5) is 11.4. The highest BCUT2D eigenvalue weighted by atomic mass is 32.1. The number of aromatic nitrogens is 2. The van der Waals surface area contributed by atoms with Gasteiger partial charge >= 0.3 is 0 Å². The molecule has 3 nitrogen and oxygen atoms in total. The highest BCUT2D eigenvalue weighted by Gasteiger charge is 2.09. The number of pyridine rings is 1. The molecule has 0 aliphatic carbocycles. The molecule has 0 aliphatic heterocycles. The van der Waals surface area contributed by atoms with Crippen LogP contribution in [0.25, 0.3) is 10.9 Å². The maximum absolute atomic E-state index is 4.71. The number of nitrogens with zero attached hydrogens (tertiary/aromatic N) is 3. The Morgan fingerprint density at radius 3 is 2.86 bits per heavy atom. The van der Waals surface area contributed by atoms with E-state index in [0.717, 1.165) is 30.6 Å². The molecule has 0 saturated heterocycles. The van der Waals surface area contributed by atoms with E-state index in [9.17, 15) is 0 Å². The van der Waals surface area contributed by atoms with Gasteiger partial charge in [-0.25, -0.2) is 4.98 Å². The fourth-order valence-electron chi connectivity index (χ4n) is 2.47. The van der Waals surface area contributed by atoms with Gasteiger partial charge in [-0.3, -0.25) is 4.98 Å². The number of likely N-dealkylation sites (N-methyl/N-ethyl adjacent to an activating group) is 1. The molecule has 3 aromatic rings. The Labute approximate surface area is 129 Å². The van der Waals surface area contributed by atoms with Crippen molar-refractivity contribution in [1.82, 2.24) is 9.97 Å². The van der Waals surface area contributed by atoms with Crippen LogP contribution in [0, 0.1) is 0 Å². The number of hydrogen-bond acceptors (Lipinski definition) is 4. The van der Waals surface area contributed by atoms with E-state index in [1.165, 1.54) is 16.1 Å². The van der Waals surface area contributed by atoms with Crippen molar-refractivity contribution in [3.05, 3.63) is 52.6 Å². The first-order valence-corrected chi connectivity index (χ1v) is 8.14. The van der Waals surface area contributed by atoms with Crippen LogP contribution in [0.3, 0.4) is 0 Å². The maximum atomic E-state index is 4.71. The third kappa shape index (κ3) is 3.05. The van der Waals surface area contributed by atoms with Gasteiger partial charge in [0.05, 0.1) is 10.5 Å². The van der Waals surface area contributed by atoms with Crippen LogP contribution in [0.4, 0.5) is 5.69 Å². The van der Waals surface area contributed by atoms with E-state index in [4.69, 9.17) is 4.98 Å². The van der Waals surface area contributed by atoms with E-state index in [0.29, 0.717) is 0 Å². The van der Waals surface area contributed by atoms with Crippen molar-refractivity contribution in [3.63, 3.8) is 0 Å². The van der Waals surface area contributed by atoms with Crippen molar-refractivity contribution in [2.45, 2.75) is 19.8 Å². The summed E-state index contributed by atoms with van der Waals surface area (Å²) in [6, 6.07) is 10.6. The normalized spacial score (nSPS) is 11.0.